The zero-order chi connectivity index (χ0) is 29.6. The number of hydrogen-bond acceptors (Lipinski definition) is 3. The second-order valence-corrected chi connectivity index (χ2v) is 10.9. The standard InChI is InChI=1S/C39H29N5/c40-36-30-20-10-12-22-34(30)43(28-18-8-3-9-19-28)38(36)39-37(41)31-21-11-13-23-35(31)44(39)29-24-32(26-14-4-1-5-15-26)42-33(25-29)27-16-6-2-7-17-27/h1-25H,40-41H2. The number of aromatic nitrogens is 3. The third-order valence-electron chi connectivity index (χ3n) is 8.27. The molecule has 0 unspecified atom stereocenters. The highest BCUT2D eigenvalue weighted by molar-refractivity contribution is 6.09. The zero-order valence-corrected chi connectivity index (χ0v) is 23.9. The number of hydrogen-bond donors (Lipinski definition) is 2. The summed E-state index contributed by atoms with van der Waals surface area (Å²) < 4.78 is 4.47. The van der Waals surface area contributed by atoms with Crippen molar-refractivity contribution in [3.63, 3.8) is 0 Å². The predicted molar refractivity (Wildman–Crippen MR) is 183 cm³/mol. The highest BCUT2D eigenvalue weighted by atomic mass is 15.1. The van der Waals surface area contributed by atoms with Crippen molar-refractivity contribution in [1.82, 2.24) is 14.1 Å². The molecule has 0 saturated heterocycles. The lowest BCUT2D eigenvalue weighted by Gasteiger charge is -2.18. The average molecular weight is 568 g/mol. The Morgan fingerprint density at radius 2 is 0.795 bits per heavy atom. The number of nitrogen functional groups attached to an aromatic ring is 2. The minimum atomic E-state index is 0.673. The van der Waals surface area contributed by atoms with E-state index in [1.54, 1.807) is 0 Å². The van der Waals surface area contributed by atoms with Crippen LogP contribution < -0.4 is 11.5 Å². The summed E-state index contributed by atoms with van der Waals surface area (Å²) in [5.41, 5.74) is 25.1. The molecule has 0 atom stereocenters. The van der Waals surface area contributed by atoms with Crippen LogP contribution in [0.2, 0.25) is 0 Å². The van der Waals surface area contributed by atoms with Crippen LogP contribution in [0.3, 0.4) is 0 Å². The quantitative estimate of drug-likeness (QED) is 0.218. The van der Waals surface area contributed by atoms with Crippen LogP contribution in [0.5, 0.6) is 0 Å². The van der Waals surface area contributed by atoms with Gasteiger partial charge in [-0.2, -0.15) is 0 Å². The zero-order valence-electron chi connectivity index (χ0n) is 23.9. The van der Waals surface area contributed by atoms with Gasteiger partial charge in [-0.3, -0.25) is 0 Å². The lowest BCUT2D eigenvalue weighted by atomic mass is 10.1. The molecule has 0 radical (unpaired) electrons. The Labute approximate surface area is 255 Å². The molecular formula is C39H29N5. The molecule has 5 aromatic carbocycles. The number of nitrogens with zero attached hydrogens (tertiary/aromatic N) is 3. The molecule has 0 bridgehead atoms. The number of nitrogens with two attached hydrogens (primary N) is 2. The number of anilines is 2. The van der Waals surface area contributed by atoms with Gasteiger partial charge in [0.2, 0.25) is 0 Å². The van der Waals surface area contributed by atoms with E-state index < -0.39 is 0 Å². The Hall–Kier alpha value is -6.07. The Kier molecular flexibility index (Phi) is 6.02. The van der Waals surface area contributed by atoms with Gasteiger partial charge in [-0.1, -0.05) is 115 Å². The highest BCUT2D eigenvalue weighted by Crippen LogP contribution is 2.46. The van der Waals surface area contributed by atoms with Gasteiger partial charge in [0, 0.05) is 27.6 Å². The molecule has 0 aliphatic heterocycles. The third kappa shape index (κ3) is 4.06. The van der Waals surface area contributed by atoms with E-state index in [1.807, 2.05) is 72.8 Å². The van der Waals surface area contributed by atoms with Gasteiger partial charge >= 0.3 is 0 Å². The van der Waals surface area contributed by atoms with Gasteiger partial charge in [0.25, 0.3) is 0 Å². The van der Waals surface area contributed by atoms with Gasteiger partial charge in [-0.05, 0) is 36.4 Å². The molecule has 0 aliphatic carbocycles. The fourth-order valence-corrected chi connectivity index (χ4v) is 6.27. The monoisotopic (exact) mass is 567 g/mol. The SMILES string of the molecule is Nc1c(-c2c(N)c3ccccc3n2-c2cc(-c3ccccc3)nc(-c3ccccc3)c2)n(-c2ccccc2)c2ccccc12. The van der Waals surface area contributed by atoms with Gasteiger partial charge in [0.05, 0.1) is 50.9 Å². The second kappa shape index (κ2) is 10.3. The minimum absolute atomic E-state index is 0.673. The molecule has 0 spiro atoms. The van der Waals surface area contributed by atoms with E-state index in [4.69, 9.17) is 16.5 Å². The molecule has 5 nitrogen and oxygen atoms in total. The Morgan fingerprint density at radius 3 is 1.27 bits per heavy atom. The van der Waals surface area contributed by atoms with Crippen molar-refractivity contribution in [2.45, 2.75) is 0 Å². The van der Waals surface area contributed by atoms with E-state index in [0.717, 1.165) is 67.1 Å². The number of benzene rings is 5. The molecule has 0 amide bonds. The van der Waals surface area contributed by atoms with Crippen LogP contribution in [0.1, 0.15) is 0 Å². The molecule has 4 N–H and O–H groups in total. The van der Waals surface area contributed by atoms with Gasteiger partial charge in [-0.25, -0.2) is 4.98 Å². The number of pyridine rings is 1. The topological polar surface area (TPSA) is 74.8 Å². The van der Waals surface area contributed by atoms with E-state index in [2.05, 4.69) is 88.0 Å². The van der Waals surface area contributed by atoms with Crippen LogP contribution in [0.4, 0.5) is 11.4 Å². The fourth-order valence-electron chi connectivity index (χ4n) is 6.27. The van der Waals surface area contributed by atoms with Crippen LogP contribution in [-0.4, -0.2) is 14.1 Å². The summed E-state index contributed by atoms with van der Waals surface area (Å²) in [6.45, 7) is 0. The molecule has 3 heterocycles. The maximum absolute atomic E-state index is 7.14. The Balaban J connectivity index is 1.51. The smallest absolute Gasteiger partial charge is 0.0964 e. The van der Waals surface area contributed by atoms with Gasteiger partial charge in [0.1, 0.15) is 0 Å². The minimum Gasteiger partial charge on any atom is -0.396 e. The molecule has 0 fully saturated rings. The average Bonchev–Trinajstić information content (AvgIpc) is 3.55. The third-order valence-corrected chi connectivity index (χ3v) is 8.27. The lowest BCUT2D eigenvalue weighted by molar-refractivity contribution is 1.07. The number of para-hydroxylation sites is 3. The van der Waals surface area contributed by atoms with Crippen molar-refractivity contribution >= 4 is 33.2 Å². The molecule has 210 valence electrons. The molecule has 3 aromatic heterocycles. The van der Waals surface area contributed by atoms with Crippen molar-refractivity contribution in [2.24, 2.45) is 0 Å². The van der Waals surface area contributed by atoms with Crippen LogP contribution >= 0.6 is 0 Å². The Morgan fingerprint density at radius 1 is 0.409 bits per heavy atom. The van der Waals surface area contributed by atoms with E-state index in [1.165, 1.54) is 0 Å². The van der Waals surface area contributed by atoms with Crippen LogP contribution in [0.15, 0.2) is 152 Å². The van der Waals surface area contributed by atoms with Crippen molar-refractivity contribution < 1.29 is 0 Å². The van der Waals surface area contributed by atoms with E-state index in [9.17, 15) is 0 Å². The molecule has 5 heteroatoms. The first kappa shape index (κ1) is 25.6. The van der Waals surface area contributed by atoms with Crippen LogP contribution in [0.25, 0.3) is 67.1 Å². The summed E-state index contributed by atoms with van der Waals surface area (Å²) in [5.74, 6) is 0. The molecular weight excluding hydrogens is 538 g/mol. The summed E-state index contributed by atoms with van der Waals surface area (Å²) in [4.78, 5) is 5.13. The largest absolute Gasteiger partial charge is 0.396 e. The van der Waals surface area contributed by atoms with Crippen molar-refractivity contribution in [3.8, 4) is 45.3 Å². The molecule has 8 rings (SSSR count). The lowest BCUT2D eigenvalue weighted by Crippen LogP contribution is -2.06. The highest BCUT2D eigenvalue weighted by Gasteiger charge is 2.26. The second-order valence-electron chi connectivity index (χ2n) is 10.9. The summed E-state index contributed by atoms with van der Waals surface area (Å²) in [6.07, 6.45) is 0. The molecule has 8 aromatic rings. The first-order chi connectivity index (χ1) is 21.7. The molecule has 0 aliphatic rings. The maximum Gasteiger partial charge on any atom is 0.0964 e. The van der Waals surface area contributed by atoms with E-state index in [-0.39, 0.29) is 0 Å². The summed E-state index contributed by atoms with van der Waals surface area (Å²) in [5, 5.41) is 1.94. The maximum atomic E-state index is 7.14. The molecule has 44 heavy (non-hydrogen) atoms. The Bertz CT molecular complexity index is 2220. The van der Waals surface area contributed by atoms with Crippen LogP contribution in [0, 0.1) is 0 Å². The summed E-state index contributed by atoms with van der Waals surface area (Å²) >= 11 is 0. The predicted octanol–water partition coefficient (Wildman–Crippen LogP) is 9.13. The van der Waals surface area contributed by atoms with E-state index >= 15 is 0 Å². The van der Waals surface area contributed by atoms with Crippen LogP contribution in [-0.2, 0) is 0 Å². The summed E-state index contributed by atoms with van der Waals surface area (Å²) in [7, 11) is 0. The van der Waals surface area contributed by atoms with Crippen molar-refractivity contribution in [1.29, 1.82) is 0 Å². The summed E-state index contributed by atoms with van der Waals surface area (Å²) in [6, 6.07) is 51.7. The number of fused-ring (bicyclic) bond motifs is 2. The van der Waals surface area contributed by atoms with Crippen molar-refractivity contribution in [2.75, 3.05) is 11.5 Å². The van der Waals surface area contributed by atoms with Gasteiger partial charge in [0.15, 0.2) is 0 Å². The molecule has 0 saturated carbocycles. The first-order valence-corrected chi connectivity index (χ1v) is 14.7. The van der Waals surface area contributed by atoms with Crippen molar-refractivity contribution in [3.05, 3.63) is 152 Å². The number of rotatable bonds is 5. The fraction of sp³-hybridized carbons (Fsp3) is 0. The first-order valence-electron chi connectivity index (χ1n) is 14.7. The van der Waals surface area contributed by atoms with E-state index in [0.29, 0.717) is 11.4 Å². The van der Waals surface area contributed by atoms with Gasteiger partial charge in [-0.15, -0.1) is 0 Å². The van der Waals surface area contributed by atoms with Gasteiger partial charge < -0.3 is 20.6 Å². The normalized spacial score (nSPS) is 11.4.